The zero-order chi connectivity index (χ0) is 11.1. The first-order valence-corrected chi connectivity index (χ1v) is 5.57. The minimum Gasteiger partial charge on any atom is -0.465 e. The Labute approximate surface area is 94.1 Å². The van der Waals surface area contributed by atoms with Crippen LogP contribution in [0.15, 0.2) is 35.6 Å². The standard InChI is InChI=1S/C12H14N2O2/c15-12(16)13-5-6-14-10(8-13)7-9-3-1-2-4-11(9)14/h1-3,7,11H,4-6,8H2,(H,15,16). The molecule has 1 atom stereocenters. The molecule has 1 fully saturated rings. The molecule has 1 saturated heterocycles. The monoisotopic (exact) mass is 218 g/mol. The third-order valence-corrected chi connectivity index (χ3v) is 3.48. The molecule has 1 aliphatic carbocycles. The summed E-state index contributed by atoms with van der Waals surface area (Å²) < 4.78 is 0. The Bertz CT molecular complexity index is 423. The van der Waals surface area contributed by atoms with E-state index in [4.69, 9.17) is 5.11 Å². The average molecular weight is 218 g/mol. The molecule has 4 nitrogen and oxygen atoms in total. The first-order chi connectivity index (χ1) is 7.75. The van der Waals surface area contributed by atoms with Crippen molar-refractivity contribution < 1.29 is 9.90 Å². The minimum absolute atomic E-state index is 0.455. The van der Waals surface area contributed by atoms with Crippen molar-refractivity contribution in [3.8, 4) is 0 Å². The molecule has 16 heavy (non-hydrogen) atoms. The lowest BCUT2D eigenvalue weighted by molar-refractivity contribution is 0.121. The third kappa shape index (κ3) is 1.33. The molecular formula is C12H14N2O2. The molecule has 4 heteroatoms. The molecule has 2 heterocycles. The fourth-order valence-electron chi connectivity index (χ4n) is 2.66. The van der Waals surface area contributed by atoms with Crippen LogP contribution in [0.1, 0.15) is 6.42 Å². The largest absolute Gasteiger partial charge is 0.465 e. The molecule has 1 unspecified atom stereocenters. The van der Waals surface area contributed by atoms with E-state index in [1.807, 2.05) is 0 Å². The Morgan fingerprint density at radius 1 is 1.44 bits per heavy atom. The Morgan fingerprint density at radius 3 is 3.12 bits per heavy atom. The SMILES string of the molecule is O=C(O)N1CCN2C(=CC3=CC=CCC32)C1. The van der Waals surface area contributed by atoms with Crippen molar-refractivity contribution in [2.24, 2.45) is 0 Å². The van der Waals surface area contributed by atoms with Crippen LogP contribution in [0, 0.1) is 0 Å². The van der Waals surface area contributed by atoms with Gasteiger partial charge in [0.25, 0.3) is 0 Å². The number of piperazine rings is 1. The van der Waals surface area contributed by atoms with Crippen LogP contribution in [-0.2, 0) is 0 Å². The summed E-state index contributed by atoms with van der Waals surface area (Å²) in [5.41, 5.74) is 2.47. The van der Waals surface area contributed by atoms with E-state index in [1.54, 1.807) is 0 Å². The van der Waals surface area contributed by atoms with E-state index in [-0.39, 0.29) is 0 Å². The number of amides is 1. The maximum absolute atomic E-state index is 10.9. The average Bonchev–Trinajstić information content (AvgIpc) is 2.66. The fourth-order valence-corrected chi connectivity index (χ4v) is 2.66. The summed E-state index contributed by atoms with van der Waals surface area (Å²) in [6, 6.07) is 0.455. The van der Waals surface area contributed by atoms with E-state index in [2.05, 4.69) is 29.2 Å². The molecule has 0 bridgehead atoms. The van der Waals surface area contributed by atoms with Crippen LogP contribution in [0.5, 0.6) is 0 Å². The first-order valence-electron chi connectivity index (χ1n) is 5.57. The van der Waals surface area contributed by atoms with Gasteiger partial charge in [-0.3, -0.25) is 0 Å². The van der Waals surface area contributed by atoms with E-state index < -0.39 is 6.09 Å². The van der Waals surface area contributed by atoms with Crippen molar-refractivity contribution in [1.29, 1.82) is 0 Å². The lowest BCUT2D eigenvalue weighted by atomic mass is 10.0. The fraction of sp³-hybridized carbons (Fsp3) is 0.417. The van der Waals surface area contributed by atoms with Crippen molar-refractivity contribution in [3.63, 3.8) is 0 Å². The molecule has 0 aromatic heterocycles. The Hall–Kier alpha value is -1.71. The van der Waals surface area contributed by atoms with Gasteiger partial charge in [0.1, 0.15) is 0 Å². The number of nitrogens with zero attached hydrogens (tertiary/aromatic N) is 2. The van der Waals surface area contributed by atoms with Gasteiger partial charge in [0.15, 0.2) is 0 Å². The zero-order valence-electron chi connectivity index (χ0n) is 8.97. The van der Waals surface area contributed by atoms with Gasteiger partial charge in [0, 0.05) is 18.8 Å². The maximum Gasteiger partial charge on any atom is 0.407 e. The van der Waals surface area contributed by atoms with E-state index in [1.165, 1.54) is 10.5 Å². The molecule has 0 aromatic carbocycles. The van der Waals surface area contributed by atoms with Gasteiger partial charge < -0.3 is 14.9 Å². The van der Waals surface area contributed by atoms with E-state index in [0.717, 1.165) is 18.7 Å². The second kappa shape index (κ2) is 3.40. The van der Waals surface area contributed by atoms with Gasteiger partial charge in [0.2, 0.25) is 0 Å². The summed E-state index contributed by atoms with van der Waals surface area (Å²) in [6.07, 6.45) is 8.75. The third-order valence-electron chi connectivity index (χ3n) is 3.48. The molecule has 0 spiro atoms. The van der Waals surface area contributed by atoms with Gasteiger partial charge in [-0.05, 0) is 18.1 Å². The molecule has 2 aliphatic heterocycles. The Morgan fingerprint density at radius 2 is 2.31 bits per heavy atom. The van der Waals surface area contributed by atoms with Crippen LogP contribution in [0.4, 0.5) is 4.79 Å². The normalized spacial score (nSPS) is 27.1. The zero-order valence-corrected chi connectivity index (χ0v) is 8.97. The predicted octanol–water partition coefficient (Wildman–Crippen LogP) is 1.43. The number of fused-ring (bicyclic) bond motifs is 3. The van der Waals surface area contributed by atoms with Crippen LogP contribution < -0.4 is 0 Å². The van der Waals surface area contributed by atoms with Crippen LogP contribution in [-0.4, -0.2) is 46.7 Å². The van der Waals surface area contributed by atoms with Crippen LogP contribution in [0.25, 0.3) is 0 Å². The number of hydrogen-bond donors (Lipinski definition) is 1. The highest BCUT2D eigenvalue weighted by atomic mass is 16.4. The highest BCUT2D eigenvalue weighted by molar-refractivity contribution is 5.66. The molecule has 0 saturated carbocycles. The van der Waals surface area contributed by atoms with Gasteiger partial charge in [0.05, 0.1) is 12.6 Å². The smallest absolute Gasteiger partial charge is 0.407 e. The van der Waals surface area contributed by atoms with Crippen molar-refractivity contribution in [2.45, 2.75) is 12.5 Å². The van der Waals surface area contributed by atoms with Crippen molar-refractivity contribution in [2.75, 3.05) is 19.6 Å². The second-order valence-electron chi connectivity index (χ2n) is 4.38. The summed E-state index contributed by atoms with van der Waals surface area (Å²) in [5, 5.41) is 8.97. The van der Waals surface area contributed by atoms with Gasteiger partial charge >= 0.3 is 6.09 Å². The van der Waals surface area contributed by atoms with Crippen molar-refractivity contribution in [1.82, 2.24) is 9.80 Å². The van der Waals surface area contributed by atoms with Crippen LogP contribution in [0.3, 0.4) is 0 Å². The summed E-state index contributed by atoms with van der Waals surface area (Å²) in [6.45, 7) is 1.96. The number of carbonyl (C=O) groups is 1. The Balaban J connectivity index is 1.85. The van der Waals surface area contributed by atoms with Gasteiger partial charge in [-0.1, -0.05) is 18.2 Å². The molecule has 84 valence electrons. The highest BCUT2D eigenvalue weighted by Gasteiger charge is 2.34. The van der Waals surface area contributed by atoms with E-state index >= 15 is 0 Å². The van der Waals surface area contributed by atoms with Gasteiger partial charge in [-0.15, -0.1) is 0 Å². The molecule has 3 aliphatic rings. The minimum atomic E-state index is -0.817. The molecular weight excluding hydrogens is 204 g/mol. The molecule has 0 aromatic rings. The van der Waals surface area contributed by atoms with Gasteiger partial charge in [-0.2, -0.15) is 0 Å². The number of hydrogen-bond acceptors (Lipinski definition) is 2. The topological polar surface area (TPSA) is 43.8 Å². The Kier molecular flexibility index (Phi) is 2.02. The predicted molar refractivity (Wildman–Crippen MR) is 60.0 cm³/mol. The highest BCUT2D eigenvalue weighted by Crippen LogP contribution is 2.33. The number of allylic oxidation sites excluding steroid dienone is 2. The first kappa shape index (κ1) is 9.51. The lowest BCUT2D eigenvalue weighted by Gasteiger charge is -2.38. The number of rotatable bonds is 0. The van der Waals surface area contributed by atoms with E-state index in [9.17, 15) is 4.79 Å². The second-order valence-corrected chi connectivity index (χ2v) is 4.38. The van der Waals surface area contributed by atoms with Crippen LogP contribution >= 0.6 is 0 Å². The van der Waals surface area contributed by atoms with Crippen LogP contribution in [0.2, 0.25) is 0 Å². The van der Waals surface area contributed by atoms with Crippen molar-refractivity contribution >= 4 is 6.09 Å². The van der Waals surface area contributed by atoms with E-state index in [0.29, 0.717) is 19.1 Å². The molecule has 1 amide bonds. The lowest BCUT2D eigenvalue weighted by Crippen LogP contribution is -2.48. The summed E-state index contributed by atoms with van der Waals surface area (Å²) in [5.74, 6) is 0. The summed E-state index contributed by atoms with van der Waals surface area (Å²) >= 11 is 0. The molecule has 1 N–H and O–H groups in total. The molecule has 3 rings (SSSR count). The number of carboxylic acid groups (broad SMARTS) is 1. The van der Waals surface area contributed by atoms with Crippen molar-refractivity contribution in [3.05, 3.63) is 35.6 Å². The summed E-state index contributed by atoms with van der Waals surface area (Å²) in [4.78, 5) is 14.7. The maximum atomic E-state index is 10.9. The quantitative estimate of drug-likeness (QED) is 0.669. The summed E-state index contributed by atoms with van der Waals surface area (Å²) in [7, 11) is 0. The molecule has 0 radical (unpaired) electrons. The van der Waals surface area contributed by atoms with Gasteiger partial charge in [-0.25, -0.2) is 4.79 Å².